The first-order valence-electron chi connectivity index (χ1n) is 7.61. The van der Waals surface area contributed by atoms with Gasteiger partial charge in [-0.1, -0.05) is 55.1 Å². The lowest BCUT2D eigenvalue weighted by atomic mass is 10.0. The molecule has 0 unspecified atom stereocenters. The number of esters is 1. The summed E-state index contributed by atoms with van der Waals surface area (Å²) in [5, 5.41) is 0. The highest BCUT2D eigenvalue weighted by Crippen LogP contribution is 2.21. The fourth-order valence-corrected chi connectivity index (χ4v) is 2.23. The zero-order valence-electron chi connectivity index (χ0n) is 14.0. The summed E-state index contributed by atoms with van der Waals surface area (Å²) in [5.74, 6) is -0.356. The maximum atomic E-state index is 11.4. The minimum Gasteiger partial charge on any atom is -0.457 e. The van der Waals surface area contributed by atoms with Gasteiger partial charge in [-0.25, -0.2) is 4.79 Å². The Morgan fingerprint density at radius 1 is 0.957 bits per heavy atom. The summed E-state index contributed by atoms with van der Waals surface area (Å²) >= 11 is 0. The van der Waals surface area contributed by atoms with Crippen molar-refractivity contribution in [2.45, 2.75) is 20.1 Å². The van der Waals surface area contributed by atoms with Gasteiger partial charge in [0.05, 0.1) is 0 Å². The van der Waals surface area contributed by atoms with E-state index in [0.717, 1.165) is 17.7 Å². The molecule has 120 valence electrons. The summed E-state index contributed by atoms with van der Waals surface area (Å²) in [7, 11) is 4.13. The molecule has 0 heterocycles. The number of rotatable bonds is 6. The van der Waals surface area contributed by atoms with Gasteiger partial charge in [0.25, 0.3) is 0 Å². The number of hydrogen-bond donors (Lipinski definition) is 0. The molecule has 23 heavy (non-hydrogen) atoms. The van der Waals surface area contributed by atoms with E-state index in [0.29, 0.717) is 5.57 Å². The maximum absolute atomic E-state index is 11.4. The Bertz CT molecular complexity index is 670. The Morgan fingerprint density at radius 2 is 1.43 bits per heavy atom. The zero-order chi connectivity index (χ0) is 16.8. The van der Waals surface area contributed by atoms with Gasteiger partial charge in [0, 0.05) is 12.1 Å². The van der Waals surface area contributed by atoms with Crippen LogP contribution in [0.25, 0.3) is 11.1 Å². The van der Waals surface area contributed by atoms with Crippen LogP contribution in [0.5, 0.6) is 0 Å². The van der Waals surface area contributed by atoms with Crippen LogP contribution in [0.4, 0.5) is 0 Å². The van der Waals surface area contributed by atoms with E-state index in [-0.39, 0.29) is 12.6 Å². The standard InChI is InChI=1S/C20H23NO2/c1-15(2)20(22)23-14-17-7-11-19(12-8-17)18-9-5-16(6-10-18)13-21(3)4/h5-12H,1,13-14H2,2-4H3. The minimum atomic E-state index is -0.356. The SMILES string of the molecule is C=C(C)C(=O)OCc1ccc(-c2ccc(CN(C)C)cc2)cc1. The lowest BCUT2D eigenvalue weighted by Crippen LogP contribution is -2.10. The number of hydrogen-bond acceptors (Lipinski definition) is 3. The summed E-state index contributed by atoms with van der Waals surface area (Å²) in [6.07, 6.45) is 0. The van der Waals surface area contributed by atoms with Crippen molar-refractivity contribution in [3.8, 4) is 11.1 Å². The van der Waals surface area contributed by atoms with Crippen LogP contribution in [0.15, 0.2) is 60.7 Å². The molecule has 0 bridgehead atoms. The molecule has 0 aliphatic heterocycles. The Hall–Kier alpha value is -2.39. The van der Waals surface area contributed by atoms with Crippen molar-refractivity contribution in [2.75, 3.05) is 14.1 Å². The quantitative estimate of drug-likeness (QED) is 0.596. The molecule has 2 aromatic rings. The molecule has 0 aromatic heterocycles. The van der Waals surface area contributed by atoms with E-state index in [1.807, 2.05) is 24.3 Å². The van der Waals surface area contributed by atoms with Crippen LogP contribution >= 0.6 is 0 Å². The van der Waals surface area contributed by atoms with Gasteiger partial charge in [-0.2, -0.15) is 0 Å². The van der Waals surface area contributed by atoms with Crippen LogP contribution in [0.3, 0.4) is 0 Å². The van der Waals surface area contributed by atoms with Crippen molar-refractivity contribution in [3.63, 3.8) is 0 Å². The molecule has 2 aromatic carbocycles. The van der Waals surface area contributed by atoms with Gasteiger partial charge in [0.2, 0.25) is 0 Å². The normalized spacial score (nSPS) is 10.6. The van der Waals surface area contributed by atoms with E-state index >= 15 is 0 Å². The second-order valence-electron chi connectivity index (χ2n) is 5.99. The highest BCUT2D eigenvalue weighted by molar-refractivity contribution is 5.86. The molecule has 0 spiro atoms. The summed E-state index contributed by atoms with van der Waals surface area (Å²) in [6.45, 7) is 6.42. The minimum absolute atomic E-state index is 0.272. The molecule has 0 radical (unpaired) electrons. The van der Waals surface area contributed by atoms with Crippen LogP contribution in [0.1, 0.15) is 18.1 Å². The number of benzene rings is 2. The van der Waals surface area contributed by atoms with Gasteiger partial charge in [0.15, 0.2) is 0 Å². The van der Waals surface area contributed by atoms with E-state index in [1.54, 1.807) is 6.92 Å². The Balaban J connectivity index is 2.01. The van der Waals surface area contributed by atoms with Crippen LogP contribution in [-0.4, -0.2) is 25.0 Å². The van der Waals surface area contributed by atoms with Gasteiger partial charge >= 0.3 is 5.97 Å². The van der Waals surface area contributed by atoms with E-state index in [2.05, 4.69) is 49.8 Å². The van der Waals surface area contributed by atoms with Gasteiger partial charge in [-0.3, -0.25) is 0 Å². The number of carbonyl (C=O) groups is 1. The smallest absolute Gasteiger partial charge is 0.333 e. The van der Waals surface area contributed by atoms with Crippen molar-refractivity contribution < 1.29 is 9.53 Å². The van der Waals surface area contributed by atoms with Gasteiger partial charge < -0.3 is 9.64 Å². The molecule has 0 N–H and O–H groups in total. The summed E-state index contributed by atoms with van der Waals surface area (Å²) < 4.78 is 5.14. The van der Waals surface area contributed by atoms with Crippen molar-refractivity contribution in [2.24, 2.45) is 0 Å². The fourth-order valence-electron chi connectivity index (χ4n) is 2.23. The first-order valence-corrected chi connectivity index (χ1v) is 7.61. The average Bonchev–Trinajstić information content (AvgIpc) is 2.53. The highest BCUT2D eigenvalue weighted by atomic mass is 16.5. The van der Waals surface area contributed by atoms with Crippen LogP contribution < -0.4 is 0 Å². The van der Waals surface area contributed by atoms with E-state index in [4.69, 9.17) is 4.74 Å². The molecule has 0 saturated heterocycles. The average molecular weight is 309 g/mol. The molecule has 0 aliphatic rings. The summed E-state index contributed by atoms with van der Waals surface area (Å²) in [5.41, 5.74) is 5.00. The summed E-state index contributed by atoms with van der Waals surface area (Å²) in [6, 6.07) is 16.6. The molecule has 3 heteroatoms. The van der Waals surface area contributed by atoms with Crippen LogP contribution in [0, 0.1) is 0 Å². The third-order valence-corrected chi connectivity index (χ3v) is 3.46. The predicted octanol–water partition coefficient (Wildman–Crippen LogP) is 4.03. The Kier molecular flexibility index (Phi) is 5.72. The van der Waals surface area contributed by atoms with Crippen LogP contribution in [-0.2, 0) is 22.7 Å². The number of ether oxygens (including phenoxy) is 1. The number of carbonyl (C=O) groups excluding carboxylic acids is 1. The zero-order valence-corrected chi connectivity index (χ0v) is 14.0. The molecule has 0 atom stereocenters. The molecule has 0 fully saturated rings. The first kappa shape index (κ1) is 17.0. The molecular formula is C20H23NO2. The van der Waals surface area contributed by atoms with Crippen molar-refractivity contribution >= 4 is 5.97 Å². The predicted molar refractivity (Wildman–Crippen MR) is 93.9 cm³/mol. The van der Waals surface area contributed by atoms with Gasteiger partial charge in [0.1, 0.15) is 6.61 Å². The third kappa shape index (κ3) is 5.08. The first-order chi connectivity index (χ1) is 11.0. The monoisotopic (exact) mass is 309 g/mol. The van der Waals surface area contributed by atoms with Crippen molar-refractivity contribution in [1.82, 2.24) is 4.90 Å². The van der Waals surface area contributed by atoms with E-state index in [1.165, 1.54) is 11.1 Å². The molecular weight excluding hydrogens is 286 g/mol. The van der Waals surface area contributed by atoms with Crippen molar-refractivity contribution in [3.05, 3.63) is 71.8 Å². The van der Waals surface area contributed by atoms with Gasteiger partial charge in [-0.05, 0) is 43.3 Å². The third-order valence-electron chi connectivity index (χ3n) is 3.46. The lowest BCUT2D eigenvalue weighted by Gasteiger charge is -2.10. The molecule has 2 rings (SSSR count). The van der Waals surface area contributed by atoms with E-state index < -0.39 is 0 Å². The highest BCUT2D eigenvalue weighted by Gasteiger charge is 2.04. The Labute approximate surface area is 138 Å². The fraction of sp³-hybridized carbons (Fsp3) is 0.250. The topological polar surface area (TPSA) is 29.5 Å². The maximum Gasteiger partial charge on any atom is 0.333 e. The second-order valence-corrected chi connectivity index (χ2v) is 5.99. The van der Waals surface area contributed by atoms with Crippen LogP contribution in [0.2, 0.25) is 0 Å². The largest absolute Gasteiger partial charge is 0.457 e. The van der Waals surface area contributed by atoms with Crippen molar-refractivity contribution in [1.29, 1.82) is 0 Å². The molecule has 0 saturated carbocycles. The van der Waals surface area contributed by atoms with E-state index in [9.17, 15) is 4.79 Å². The lowest BCUT2D eigenvalue weighted by molar-refractivity contribution is -0.140. The number of nitrogens with zero attached hydrogens (tertiary/aromatic N) is 1. The summed E-state index contributed by atoms with van der Waals surface area (Å²) in [4.78, 5) is 13.5. The molecule has 3 nitrogen and oxygen atoms in total. The Morgan fingerprint density at radius 3 is 1.87 bits per heavy atom. The second kappa shape index (κ2) is 7.75. The molecule has 0 amide bonds. The van der Waals surface area contributed by atoms with Gasteiger partial charge in [-0.15, -0.1) is 0 Å². The molecule has 0 aliphatic carbocycles.